The molecule has 0 spiro atoms. The maximum Gasteiger partial charge on any atom is 0.248 e. The van der Waals surface area contributed by atoms with Gasteiger partial charge in [-0.05, 0) is 116 Å². The fraction of sp³-hybridized carbons (Fsp3) is 0.389. The highest BCUT2D eigenvalue weighted by Crippen LogP contribution is 2.26. The molecule has 25 heteroatoms. The molecule has 1 heterocycles. The molecule has 79 heavy (non-hydrogen) atoms. The van der Waals surface area contributed by atoms with Gasteiger partial charge in [0.1, 0.15) is 30.2 Å². The number of Topliss-reactive ketones (excluding diaryl/α,β-unsaturated/α-hetero) is 1. The fourth-order valence-corrected chi connectivity index (χ4v) is 11.0. The van der Waals surface area contributed by atoms with Crippen LogP contribution in [0.25, 0.3) is 0 Å². The minimum absolute atomic E-state index is 0.0257. The molecule has 0 aromatic heterocycles. The zero-order valence-corrected chi connectivity index (χ0v) is 47.0. The van der Waals surface area contributed by atoms with Crippen molar-refractivity contribution in [2.24, 2.45) is 28.9 Å². The smallest absolute Gasteiger partial charge is 0.248 e. The number of amides is 8. The SMILES string of the molecule is C[C@@H](O)[C@@H]1NC(=O)[C@H](CCCCN)NC(=O)[C@@H](Cc2ccc(C(N)=O)cc2)NC(=O)[C@H](Cc2ccc(Cl)cc2)CC(=O)[C@H](NC(=O)[C@@H](N)Cc2ccc(Cl)cc2)CSSC[C@@H](C(=O)NC(Cc2ccc(Cl)cc2)C(N)=O)NC1=O. The molecule has 0 radical (unpaired) electrons. The molecular formula is C54H65Cl3N10O10S2. The van der Waals surface area contributed by atoms with Crippen LogP contribution in [0.1, 0.15) is 65.2 Å². The number of carbonyl (C=O) groups is 9. The standard InChI is InChI=1S/C54H65Cl3N10O10S2/c1-29(68)46-54(77)66-44(53(76)63-41(48(61)71)24-33-11-19-38(57)20-12-33)28-79-78-27-43(65-50(73)39(59)23-31-9-17-37(56)18-10-31)45(69)26-35(22-30-7-15-36(55)16-8-30)49(72)64-42(25-32-5-13-34(14-6-32)47(60)70)52(75)62-40(51(74)67-46)4-2-3-21-58/h5-20,29,35,39-44,46,68H,2-4,21-28,58-59H2,1H3,(H2,60,70)(H2,61,71)(H,62,75)(H,63,76)(H,64,72)(H,65,73)(H,66,77)(H,67,74)/t29-,35-,39+,40+,41?,42-,43-,44+,46+/m1/s1. The van der Waals surface area contributed by atoms with E-state index in [9.17, 15) is 48.3 Å². The molecule has 8 amide bonds. The van der Waals surface area contributed by atoms with Crippen LogP contribution in [0.2, 0.25) is 15.1 Å². The highest BCUT2D eigenvalue weighted by atomic mass is 35.5. The Morgan fingerprint density at radius 2 is 1.18 bits per heavy atom. The summed E-state index contributed by atoms with van der Waals surface area (Å²) in [5.41, 5.74) is 25.9. The van der Waals surface area contributed by atoms with E-state index in [0.717, 1.165) is 21.6 Å². The summed E-state index contributed by atoms with van der Waals surface area (Å²) in [6.07, 6.45) is -1.65. The number of ketones is 1. The van der Waals surface area contributed by atoms with Crippen LogP contribution in [0.4, 0.5) is 0 Å². The summed E-state index contributed by atoms with van der Waals surface area (Å²) in [5, 5.41) is 28.3. The summed E-state index contributed by atoms with van der Waals surface area (Å²) in [4.78, 5) is 126. The first-order valence-electron chi connectivity index (χ1n) is 25.2. The normalized spacial score (nSPS) is 21.2. The fourth-order valence-electron chi connectivity index (χ4n) is 8.27. The van der Waals surface area contributed by atoms with Gasteiger partial charge >= 0.3 is 0 Å². The van der Waals surface area contributed by atoms with Gasteiger partial charge in [-0.15, -0.1) is 0 Å². The molecule has 1 aliphatic heterocycles. The number of primary amides is 2. The molecular weight excluding hydrogens is 1120 g/mol. The lowest BCUT2D eigenvalue weighted by atomic mass is 9.90. The average molecular weight is 1180 g/mol. The van der Waals surface area contributed by atoms with Gasteiger partial charge in [-0.25, -0.2) is 0 Å². The van der Waals surface area contributed by atoms with E-state index >= 15 is 0 Å². The van der Waals surface area contributed by atoms with Crippen LogP contribution in [0, 0.1) is 5.92 Å². The Kier molecular flexibility index (Phi) is 25.4. The number of rotatable bonds is 19. The molecule has 0 bridgehead atoms. The van der Waals surface area contributed by atoms with E-state index in [0.29, 0.717) is 50.2 Å². The number of hydrogen-bond acceptors (Lipinski definition) is 14. The first-order valence-corrected chi connectivity index (χ1v) is 28.9. The van der Waals surface area contributed by atoms with Crippen molar-refractivity contribution in [3.63, 3.8) is 0 Å². The van der Waals surface area contributed by atoms with E-state index in [1.54, 1.807) is 72.8 Å². The second-order valence-corrected chi connectivity index (χ2v) is 22.9. The first kappa shape index (κ1) is 63.6. The van der Waals surface area contributed by atoms with E-state index in [1.165, 1.54) is 31.2 Å². The zero-order chi connectivity index (χ0) is 57.8. The molecule has 15 N–H and O–H groups in total. The molecule has 0 saturated carbocycles. The van der Waals surface area contributed by atoms with Crippen molar-refractivity contribution in [2.75, 3.05) is 18.1 Å². The zero-order valence-electron chi connectivity index (χ0n) is 43.1. The van der Waals surface area contributed by atoms with Gasteiger partial charge in [0.05, 0.1) is 18.2 Å². The predicted molar refractivity (Wildman–Crippen MR) is 306 cm³/mol. The highest BCUT2D eigenvalue weighted by Gasteiger charge is 2.37. The minimum Gasteiger partial charge on any atom is -0.391 e. The lowest BCUT2D eigenvalue weighted by Crippen LogP contribution is -2.62. The highest BCUT2D eigenvalue weighted by molar-refractivity contribution is 8.76. The summed E-state index contributed by atoms with van der Waals surface area (Å²) >= 11 is 18.4. The Morgan fingerprint density at radius 3 is 1.73 bits per heavy atom. The first-order chi connectivity index (χ1) is 37.6. The number of nitrogens with one attached hydrogen (secondary N) is 6. The second-order valence-electron chi connectivity index (χ2n) is 19.0. The van der Waals surface area contributed by atoms with Gasteiger partial charge in [0.15, 0.2) is 5.78 Å². The van der Waals surface area contributed by atoms with Crippen molar-refractivity contribution in [3.8, 4) is 0 Å². The Morgan fingerprint density at radius 1 is 0.658 bits per heavy atom. The van der Waals surface area contributed by atoms with Crippen molar-refractivity contribution in [1.29, 1.82) is 0 Å². The van der Waals surface area contributed by atoms with E-state index in [4.69, 9.17) is 57.7 Å². The van der Waals surface area contributed by atoms with Crippen LogP contribution in [0.3, 0.4) is 0 Å². The van der Waals surface area contributed by atoms with Crippen molar-refractivity contribution in [1.82, 2.24) is 31.9 Å². The summed E-state index contributed by atoms with van der Waals surface area (Å²) < 4.78 is 0. The molecule has 20 nitrogen and oxygen atoms in total. The van der Waals surface area contributed by atoms with Crippen molar-refractivity contribution >= 4 is 109 Å². The van der Waals surface area contributed by atoms with E-state index < -0.39 is 114 Å². The summed E-state index contributed by atoms with van der Waals surface area (Å²) in [6, 6.07) is 15.8. The number of hydrogen-bond donors (Lipinski definition) is 11. The maximum atomic E-state index is 14.8. The topological polar surface area (TPSA) is 350 Å². The minimum atomic E-state index is -1.73. The van der Waals surface area contributed by atoms with Gasteiger partial charge in [-0.3, -0.25) is 43.2 Å². The van der Waals surface area contributed by atoms with Crippen LogP contribution in [-0.4, -0.2) is 125 Å². The number of carbonyl (C=O) groups excluding carboxylic acids is 9. The third-order valence-electron chi connectivity index (χ3n) is 12.8. The Bertz CT molecular complexity index is 2770. The van der Waals surface area contributed by atoms with Crippen molar-refractivity contribution in [3.05, 3.63) is 140 Å². The van der Waals surface area contributed by atoms with E-state index in [1.807, 2.05) is 0 Å². The molecule has 1 saturated heterocycles. The largest absolute Gasteiger partial charge is 0.391 e. The van der Waals surface area contributed by atoms with Crippen LogP contribution in [0.5, 0.6) is 0 Å². The molecule has 9 atom stereocenters. The van der Waals surface area contributed by atoms with Crippen LogP contribution >= 0.6 is 56.4 Å². The van der Waals surface area contributed by atoms with Crippen molar-refractivity contribution < 1.29 is 48.3 Å². The predicted octanol–water partition coefficient (Wildman–Crippen LogP) is 2.22. The number of unbranched alkanes of at least 4 members (excludes halogenated alkanes) is 1. The number of benzene rings is 4. The Hall–Kier alpha value is -6.24. The van der Waals surface area contributed by atoms with Gasteiger partial charge in [-0.1, -0.05) is 105 Å². The van der Waals surface area contributed by atoms with E-state index in [2.05, 4.69) is 31.9 Å². The summed E-state index contributed by atoms with van der Waals surface area (Å²) in [5.74, 6) is -9.01. The van der Waals surface area contributed by atoms with Crippen LogP contribution in [-0.2, 0) is 64.0 Å². The Labute approximate surface area is 480 Å². The third kappa shape index (κ3) is 20.7. The maximum absolute atomic E-state index is 14.8. The van der Waals surface area contributed by atoms with Gasteiger partial charge in [0, 0.05) is 57.3 Å². The molecule has 4 aromatic carbocycles. The van der Waals surface area contributed by atoms with Gasteiger partial charge < -0.3 is 59.9 Å². The van der Waals surface area contributed by atoms with Crippen LogP contribution < -0.4 is 54.8 Å². The summed E-state index contributed by atoms with van der Waals surface area (Å²) in [6.45, 7) is 1.45. The number of nitrogens with two attached hydrogens (primary N) is 4. The molecule has 424 valence electrons. The second kappa shape index (κ2) is 31.5. The third-order valence-corrected chi connectivity index (χ3v) is 16.0. The van der Waals surface area contributed by atoms with Crippen LogP contribution in [0.15, 0.2) is 97.1 Å². The van der Waals surface area contributed by atoms with Gasteiger partial charge in [-0.2, -0.15) is 0 Å². The van der Waals surface area contributed by atoms with Gasteiger partial charge in [0.2, 0.25) is 47.3 Å². The average Bonchev–Trinajstić information content (AvgIpc) is 3.41. The molecule has 1 aliphatic rings. The number of halogens is 3. The molecule has 0 aliphatic carbocycles. The molecule has 1 fully saturated rings. The number of aliphatic hydroxyl groups excluding tert-OH is 1. The lowest BCUT2D eigenvalue weighted by molar-refractivity contribution is -0.137. The van der Waals surface area contributed by atoms with E-state index in [-0.39, 0.29) is 55.7 Å². The summed E-state index contributed by atoms with van der Waals surface area (Å²) in [7, 11) is 2.02. The number of aliphatic hydroxyl groups is 1. The molecule has 4 aromatic rings. The molecule has 5 rings (SSSR count). The molecule has 1 unspecified atom stereocenters. The van der Waals surface area contributed by atoms with Gasteiger partial charge in [0.25, 0.3) is 0 Å². The lowest BCUT2D eigenvalue weighted by Gasteiger charge is -2.29. The van der Waals surface area contributed by atoms with Crippen molar-refractivity contribution in [2.45, 2.75) is 107 Å². The monoisotopic (exact) mass is 1180 g/mol. The Balaban J connectivity index is 1.57. The quantitative estimate of drug-likeness (QED) is 0.0474.